The minimum absolute atomic E-state index is 0.0697. The zero-order valence-electron chi connectivity index (χ0n) is 11.0. The lowest BCUT2D eigenvalue weighted by atomic mass is 10.1. The predicted octanol–water partition coefficient (Wildman–Crippen LogP) is 2.13. The molecule has 0 aliphatic rings. The molecule has 1 amide bonds. The molecule has 0 fully saturated rings. The van der Waals surface area contributed by atoms with E-state index < -0.39 is 11.7 Å². The summed E-state index contributed by atoms with van der Waals surface area (Å²) in [6, 6.07) is 2.73. The van der Waals surface area contributed by atoms with Gasteiger partial charge in [-0.05, 0) is 25.5 Å². The largest absolute Gasteiger partial charge is 0.398 e. The summed E-state index contributed by atoms with van der Waals surface area (Å²) in [6.45, 7) is 4.07. The van der Waals surface area contributed by atoms with Gasteiger partial charge in [0, 0.05) is 18.8 Å². The highest BCUT2D eigenvalue weighted by atomic mass is 19.1. The van der Waals surface area contributed by atoms with Crippen molar-refractivity contribution >= 4 is 17.3 Å². The lowest BCUT2D eigenvalue weighted by molar-refractivity contribution is 0.100. The number of nitrogens with zero attached hydrogens (tertiary/aromatic N) is 1. The molecule has 0 saturated heterocycles. The Labute approximate surface area is 107 Å². The number of carbonyl (C=O) groups is 1. The summed E-state index contributed by atoms with van der Waals surface area (Å²) >= 11 is 0. The van der Waals surface area contributed by atoms with Gasteiger partial charge in [0.25, 0.3) is 5.91 Å². The van der Waals surface area contributed by atoms with Crippen molar-refractivity contribution in [3.8, 4) is 0 Å². The van der Waals surface area contributed by atoms with Gasteiger partial charge in [-0.1, -0.05) is 13.3 Å². The third-order valence-electron chi connectivity index (χ3n) is 3.13. The number of primary amides is 1. The maximum absolute atomic E-state index is 13.9. The molecule has 4 N–H and O–H groups in total. The van der Waals surface area contributed by atoms with Crippen molar-refractivity contribution in [1.29, 1.82) is 0 Å². The Hall–Kier alpha value is -1.78. The van der Waals surface area contributed by atoms with E-state index in [9.17, 15) is 9.18 Å². The van der Waals surface area contributed by atoms with Gasteiger partial charge >= 0.3 is 0 Å². The molecule has 1 aromatic carbocycles. The Morgan fingerprint density at radius 3 is 2.61 bits per heavy atom. The van der Waals surface area contributed by atoms with Gasteiger partial charge < -0.3 is 16.4 Å². The van der Waals surface area contributed by atoms with E-state index >= 15 is 0 Å². The van der Waals surface area contributed by atoms with Crippen molar-refractivity contribution in [2.75, 3.05) is 17.7 Å². The van der Waals surface area contributed by atoms with Gasteiger partial charge in [0.1, 0.15) is 5.82 Å². The van der Waals surface area contributed by atoms with Gasteiger partial charge in [0.2, 0.25) is 0 Å². The highest BCUT2D eigenvalue weighted by Gasteiger charge is 2.17. The van der Waals surface area contributed by atoms with Crippen LogP contribution < -0.4 is 16.4 Å². The van der Waals surface area contributed by atoms with Crippen molar-refractivity contribution in [3.05, 3.63) is 23.5 Å². The number of nitrogen functional groups attached to an aromatic ring is 1. The summed E-state index contributed by atoms with van der Waals surface area (Å²) in [7, 11) is 1.79. The first-order chi connectivity index (χ1) is 8.38. The molecule has 4 nitrogen and oxygen atoms in total. The molecule has 5 heteroatoms. The zero-order valence-corrected chi connectivity index (χ0v) is 11.0. The van der Waals surface area contributed by atoms with E-state index in [1.54, 1.807) is 11.9 Å². The fraction of sp³-hybridized carbons (Fsp3) is 0.462. The molecule has 0 aliphatic carbocycles. The summed E-state index contributed by atoms with van der Waals surface area (Å²) in [4.78, 5) is 13.0. The van der Waals surface area contributed by atoms with Gasteiger partial charge in [-0.15, -0.1) is 0 Å². The molecule has 0 saturated carbocycles. The first kappa shape index (κ1) is 14.3. The van der Waals surface area contributed by atoms with Crippen molar-refractivity contribution in [3.63, 3.8) is 0 Å². The van der Waals surface area contributed by atoms with Gasteiger partial charge in [-0.3, -0.25) is 4.79 Å². The van der Waals surface area contributed by atoms with E-state index in [-0.39, 0.29) is 17.3 Å². The zero-order chi connectivity index (χ0) is 13.9. The fourth-order valence-electron chi connectivity index (χ4n) is 1.91. The number of hydrogen-bond donors (Lipinski definition) is 2. The summed E-state index contributed by atoms with van der Waals surface area (Å²) in [5.41, 5.74) is 11.3. The Balaban J connectivity index is 3.15. The molecule has 0 radical (unpaired) electrons. The second-order valence-corrected chi connectivity index (χ2v) is 4.50. The maximum Gasteiger partial charge on any atom is 0.250 e. The smallest absolute Gasteiger partial charge is 0.250 e. The third kappa shape index (κ3) is 2.91. The fourth-order valence-corrected chi connectivity index (χ4v) is 1.91. The summed E-state index contributed by atoms with van der Waals surface area (Å²) in [6.07, 6.45) is 1.94. The summed E-state index contributed by atoms with van der Waals surface area (Å²) in [5, 5.41) is 0. The van der Waals surface area contributed by atoms with Gasteiger partial charge in [-0.2, -0.15) is 0 Å². The molecule has 0 heterocycles. The van der Waals surface area contributed by atoms with E-state index in [1.165, 1.54) is 6.07 Å². The molecular weight excluding hydrogens is 233 g/mol. The van der Waals surface area contributed by atoms with Crippen molar-refractivity contribution in [2.45, 2.75) is 32.7 Å². The van der Waals surface area contributed by atoms with Gasteiger partial charge in [0.15, 0.2) is 0 Å². The van der Waals surface area contributed by atoms with E-state index in [2.05, 4.69) is 6.92 Å². The number of amides is 1. The number of anilines is 2. The van der Waals surface area contributed by atoms with E-state index in [4.69, 9.17) is 11.5 Å². The topological polar surface area (TPSA) is 72.3 Å². The molecular formula is C13H20FN3O. The highest BCUT2D eigenvalue weighted by Crippen LogP contribution is 2.26. The first-order valence-electron chi connectivity index (χ1n) is 6.00. The van der Waals surface area contributed by atoms with Crippen LogP contribution in [0.2, 0.25) is 0 Å². The number of carbonyl (C=O) groups excluding carboxylic acids is 1. The van der Waals surface area contributed by atoms with Gasteiger partial charge in [-0.25, -0.2) is 4.39 Å². The average Bonchev–Trinajstić information content (AvgIpc) is 2.28. The molecule has 100 valence electrons. The van der Waals surface area contributed by atoms with Crippen molar-refractivity contribution in [2.24, 2.45) is 5.73 Å². The molecule has 1 atom stereocenters. The SMILES string of the molecule is CCCC(C)N(C)c1cc(C(N)=O)c(N)cc1F. The minimum Gasteiger partial charge on any atom is -0.398 e. The van der Waals surface area contributed by atoms with Crippen LogP contribution in [0.1, 0.15) is 37.0 Å². The number of benzene rings is 1. The van der Waals surface area contributed by atoms with Crippen LogP contribution in [0.3, 0.4) is 0 Å². The monoisotopic (exact) mass is 253 g/mol. The molecule has 18 heavy (non-hydrogen) atoms. The number of hydrogen-bond acceptors (Lipinski definition) is 3. The molecule has 1 unspecified atom stereocenters. The van der Waals surface area contributed by atoms with Crippen LogP contribution in [0.4, 0.5) is 15.8 Å². The van der Waals surface area contributed by atoms with Crippen LogP contribution in [0.15, 0.2) is 12.1 Å². The molecule has 0 spiro atoms. The third-order valence-corrected chi connectivity index (χ3v) is 3.13. The number of nitrogens with two attached hydrogens (primary N) is 2. The quantitative estimate of drug-likeness (QED) is 0.789. The van der Waals surface area contributed by atoms with Gasteiger partial charge in [0.05, 0.1) is 11.3 Å². The molecule has 0 bridgehead atoms. The Morgan fingerprint density at radius 1 is 1.50 bits per heavy atom. The lowest BCUT2D eigenvalue weighted by Gasteiger charge is -2.27. The maximum atomic E-state index is 13.9. The lowest BCUT2D eigenvalue weighted by Crippen LogP contribution is -2.30. The standard InChI is InChI=1S/C13H20FN3O/c1-4-5-8(2)17(3)12-6-9(13(16)18)11(15)7-10(12)14/h6-8H,4-5,15H2,1-3H3,(H2,16,18). The summed E-state index contributed by atoms with van der Waals surface area (Å²) in [5.74, 6) is -1.09. The van der Waals surface area contributed by atoms with E-state index in [0.717, 1.165) is 18.9 Å². The van der Waals surface area contributed by atoms with Crippen LogP contribution in [-0.4, -0.2) is 19.0 Å². The van der Waals surface area contributed by atoms with Crippen LogP contribution >= 0.6 is 0 Å². The molecule has 1 aromatic rings. The van der Waals surface area contributed by atoms with Crippen molar-refractivity contribution < 1.29 is 9.18 Å². The Kier molecular flexibility index (Phi) is 4.53. The molecule has 0 aliphatic heterocycles. The van der Waals surface area contributed by atoms with Crippen LogP contribution in [-0.2, 0) is 0 Å². The summed E-state index contributed by atoms with van der Waals surface area (Å²) < 4.78 is 13.9. The second kappa shape index (κ2) is 5.71. The number of rotatable bonds is 5. The Bertz CT molecular complexity index is 448. The minimum atomic E-state index is -0.648. The van der Waals surface area contributed by atoms with Crippen molar-refractivity contribution in [1.82, 2.24) is 0 Å². The van der Waals surface area contributed by atoms with Crippen LogP contribution in [0.25, 0.3) is 0 Å². The van der Waals surface area contributed by atoms with E-state index in [1.807, 2.05) is 6.92 Å². The second-order valence-electron chi connectivity index (χ2n) is 4.50. The van der Waals surface area contributed by atoms with Crippen LogP contribution in [0.5, 0.6) is 0 Å². The van der Waals surface area contributed by atoms with Crippen LogP contribution in [0, 0.1) is 5.82 Å². The van der Waals surface area contributed by atoms with E-state index in [0.29, 0.717) is 5.69 Å². The predicted molar refractivity (Wildman–Crippen MR) is 72.1 cm³/mol. The highest BCUT2D eigenvalue weighted by molar-refractivity contribution is 5.99. The molecule has 0 aromatic heterocycles. The average molecular weight is 253 g/mol. The number of halogens is 1. The first-order valence-corrected chi connectivity index (χ1v) is 6.00. The molecule has 1 rings (SSSR count). The Morgan fingerprint density at radius 2 is 2.11 bits per heavy atom. The normalized spacial score (nSPS) is 12.2.